The van der Waals surface area contributed by atoms with Gasteiger partial charge in [0.15, 0.2) is 0 Å². The Morgan fingerprint density at radius 1 is 1.55 bits per heavy atom. The molecule has 0 aromatic heterocycles. The van der Waals surface area contributed by atoms with Crippen LogP contribution >= 0.6 is 12.2 Å². The predicted octanol–water partition coefficient (Wildman–Crippen LogP) is 0.186. The van der Waals surface area contributed by atoms with Crippen molar-refractivity contribution in [2.24, 2.45) is 0 Å². The van der Waals surface area contributed by atoms with Crippen LogP contribution in [0.5, 0.6) is 0 Å². The molecule has 0 radical (unpaired) electrons. The van der Waals surface area contributed by atoms with Gasteiger partial charge in [-0.3, -0.25) is 0 Å². The second kappa shape index (κ2) is 3.66. The SMILES string of the molecule is OB(O)OC1=CC=CCC1=S. The van der Waals surface area contributed by atoms with Gasteiger partial charge in [0.25, 0.3) is 0 Å². The molecule has 0 atom stereocenters. The fraction of sp³-hybridized carbons (Fsp3) is 0.167. The van der Waals surface area contributed by atoms with E-state index in [0.29, 0.717) is 17.0 Å². The zero-order chi connectivity index (χ0) is 8.27. The Labute approximate surface area is 70.2 Å². The van der Waals surface area contributed by atoms with Crippen LogP contribution in [0.25, 0.3) is 0 Å². The van der Waals surface area contributed by atoms with Crippen molar-refractivity contribution in [3.05, 3.63) is 24.0 Å². The molecule has 3 nitrogen and oxygen atoms in total. The van der Waals surface area contributed by atoms with Gasteiger partial charge in [0.1, 0.15) is 5.76 Å². The molecule has 0 heterocycles. The number of hydrogen-bond donors (Lipinski definition) is 2. The predicted molar refractivity (Wildman–Crippen MR) is 45.7 cm³/mol. The topological polar surface area (TPSA) is 49.7 Å². The maximum atomic E-state index is 8.43. The summed E-state index contributed by atoms with van der Waals surface area (Å²) in [6, 6.07) is 0. The lowest BCUT2D eigenvalue weighted by Crippen LogP contribution is -2.20. The summed E-state index contributed by atoms with van der Waals surface area (Å²) in [4.78, 5) is 0.584. The van der Waals surface area contributed by atoms with Crippen molar-refractivity contribution in [3.8, 4) is 0 Å². The largest absolute Gasteiger partial charge is 0.707 e. The quantitative estimate of drug-likeness (QED) is 0.458. The van der Waals surface area contributed by atoms with Crippen molar-refractivity contribution in [2.75, 3.05) is 0 Å². The Morgan fingerprint density at radius 2 is 2.27 bits per heavy atom. The number of rotatable bonds is 2. The maximum Gasteiger partial charge on any atom is 0.707 e. The van der Waals surface area contributed by atoms with Gasteiger partial charge in [0.2, 0.25) is 0 Å². The van der Waals surface area contributed by atoms with Gasteiger partial charge in [0.05, 0.1) is 4.86 Å². The van der Waals surface area contributed by atoms with E-state index in [1.54, 1.807) is 12.2 Å². The molecule has 0 saturated carbocycles. The van der Waals surface area contributed by atoms with Crippen molar-refractivity contribution in [1.82, 2.24) is 0 Å². The Balaban J connectivity index is 2.61. The molecule has 0 aromatic rings. The first kappa shape index (κ1) is 8.45. The molecule has 1 aliphatic carbocycles. The van der Waals surface area contributed by atoms with Crippen LogP contribution in [0.2, 0.25) is 0 Å². The first-order chi connectivity index (χ1) is 5.20. The second-order valence-corrected chi connectivity index (χ2v) is 2.52. The fourth-order valence-electron chi connectivity index (χ4n) is 0.743. The molecule has 0 aromatic carbocycles. The highest BCUT2D eigenvalue weighted by Gasteiger charge is 2.16. The Bertz CT molecular complexity index is 222. The van der Waals surface area contributed by atoms with Crippen LogP contribution < -0.4 is 0 Å². The lowest BCUT2D eigenvalue weighted by Gasteiger charge is -2.11. The van der Waals surface area contributed by atoms with Crippen LogP contribution in [-0.2, 0) is 4.65 Å². The molecule has 2 N–H and O–H groups in total. The van der Waals surface area contributed by atoms with Gasteiger partial charge < -0.3 is 14.7 Å². The maximum absolute atomic E-state index is 8.43. The fourth-order valence-corrected chi connectivity index (χ4v) is 0.955. The molecule has 0 aliphatic heterocycles. The molecule has 1 rings (SSSR count). The van der Waals surface area contributed by atoms with Gasteiger partial charge in [-0.2, -0.15) is 0 Å². The monoisotopic (exact) mass is 170 g/mol. The first-order valence-electron chi connectivity index (χ1n) is 3.13. The van der Waals surface area contributed by atoms with E-state index in [-0.39, 0.29) is 0 Å². The summed E-state index contributed by atoms with van der Waals surface area (Å²) in [5.41, 5.74) is 0. The van der Waals surface area contributed by atoms with E-state index in [1.807, 2.05) is 6.08 Å². The minimum Gasteiger partial charge on any atom is -0.511 e. The summed E-state index contributed by atoms with van der Waals surface area (Å²) in [7, 11) is -1.79. The molecular formula is C6H7BO3S. The summed E-state index contributed by atoms with van der Waals surface area (Å²) >= 11 is 4.88. The highest BCUT2D eigenvalue weighted by atomic mass is 32.1. The zero-order valence-electron chi connectivity index (χ0n) is 5.73. The Hall–Kier alpha value is -0.645. The standard InChI is InChI=1S/C6H7BO3S/c8-7(9)10-5-3-1-2-4-6(5)11/h1-3,8-9H,4H2. The van der Waals surface area contributed by atoms with E-state index in [2.05, 4.69) is 4.65 Å². The van der Waals surface area contributed by atoms with E-state index < -0.39 is 7.32 Å². The smallest absolute Gasteiger partial charge is 0.511 e. The molecule has 11 heavy (non-hydrogen) atoms. The van der Waals surface area contributed by atoms with Crippen LogP contribution in [0.4, 0.5) is 0 Å². The van der Waals surface area contributed by atoms with E-state index >= 15 is 0 Å². The van der Waals surface area contributed by atoms with E-state index in [0.717, 1.165) is 0 Å². The van der Waals surface area contributed by atoms with E-state index in [4.69, 9.17) is 22.3 Å². The van der Waals surface area contributed by atoms with Crippen LogP contribution in [0.15, 0.2) is 24.0 Å². The van der Waals surface area contributed by atoms with Gasteiger partial charge in [-0.05, 0) is 6.08 Å². The van der Waals surface area contributed by atoms with Gasteiger partial charge in [0, 0.05) is 6.42 Å². The van der Waals surface area contributed by atoms with Gasteiger partial charge >= 0.3 is 7.32 Å². The minimum absolute atomic E-state index is 0.359. The summed E-state index contributed by atoms with van der Waals surface area (Å²) in [6.07, 6.45) is 5.85. The molecule has 0 amide bonds. The van der Waals surface area contributed by atoms with Crippen molar-refractivity contribution in [3.63, 3.8) is 0 Å². The van der Waals surface area contributed by atoms with Crippen molar-refractivity contribution in [1.29, 1.82) is 0 Å². The summed E-state index contributed by atoms with van der Waals surface area (Å²) < 4.78 is 4.58. The third-order valence-electron chi connectivity index (χ3n) is 1.19. The summed E-state index contributed by atoms with van der Waals surface area (Å²) in [6.45, 7) is 0. The molecule has 0 bridgehead atoms. The molecule has 0 saturated heterocycles. The zero-order valence-corrected chi connectivity index (χ0v) is 6.54. The van der Waals surface area contributed by atoms with Crippen molar-refractivity contribution >= 4 is 24.4 Å². The van der Waals surface area contributed by atoms with Gasteiger partial charge in [-0.15, -0.1) is 0 Å². The number of allylic oxidation sites excluding steroid dienone is 4. The second-order valence-electron chi connectivity index (χ2n) is 2.03. The van der Waals surface area contributed by atoms with Crippen LogP contribution in [-0.4, -0.2) is 22.2 Å². The molecular weight excluding hydrogens is 163 g/mol. The minimum atomic E-state index is -1.79. The molecule has 0 fully saturated rings. The highest BCUT2D eigenvalue weighted by Crippen LogP contribution is 2.10. The number of thiocarbonyl (C=S) groups is 1. The highest BCUT2D eigenvalue weighted by molar-refractivity contribution is 7.80. The Morgan fingerprint density at radius 3 is 2.82 bits per heavy atom. The third-order valence-corrected chi connectivity index (χ3v) is 1.56. The molecule has 58 valence electrons. The summed E-state index contributed by atoms with van der Waals surface area (Å²) in [5.74, 6) is 0.359. The summed E-state index contributed by atoms with van der Waals surface area (Å²) in [5, 5.41) is 16.9. The number of hydrogen-bond acceptors (Lipinski definition) is 4. The average Bonchev–Trinajstić information content (AvgIpc) is 1.93. The molecule has 0 spiro atoms. The van der Waals surface area contributed by atoms with Crippen LogP contribution in [0.1, 0.15) is 6.42 Å². The normalized spacial score (nSPS) is 16.2. The van der Waals surface area contributed by atoms with Crippen molar-refractivity contribution < 1.29 is 14.7 Å². The third kappa shape index (κ3) is 2.46. The van der Waals surface area contributed by atoms with Crippen molar-refractivity contribution in [2.45, 2.75) is 6.42 Å². The van der Waals surface area contributed by atoms with E-state index in [1.165, 1.54) is 0 Å². The Kier molecular flexibility index (Phi) is 2.81. The van der Waals surface area contributed by atoms with Crippen LogP contribution in [0.3, 0.4) is 0 Å². The lowest BCUT2D eigenvalue weighted by atomic mass is 10.1. The van der Waals surface area contributed by atoms with Crippen LogP contribution in [0, 0.1) is 0 Å². The lowest BCUT2D eigenvalue weighted by molar-refractivity contribution is 0.248. The molecule has 1 aliphatic rings. The van der Waals surface area contributed by atoms with Gasteiger partial charge in [-0.1, -0.05) is 24.4 Å². The van der Waals surface area contributed by atoms with Gasteiger partial charge in [-0.25, -0.2) is 0 Å². The van der Waals surface area contributed by atoms with E-state index in [9.17, 15) is 0 Å². The molecule has 0 unspecified atom stereocenters. The molecule has 5 heteroatoms. The average molecular weight is 170 g/mol. The first-order valence-corrected chi connectivity index (χ1v) is 3.54.